The highest BCUT2D eigenvalue weighted by atomic mass is 31.2. The van der Waals surface area contributed by atoms with Gasteiger partial charge in [-0.15, -0.1) is 0 Å². The summed E-state index contributed by atoms with van der Waals surface area (Å²) in [7, 11) is -2.14. The zero-order valence-electron chi connectivity index (χ0n) is 12.6. The molecule has 0 aromatic heterocycles. The van der Waals surface area contributed by atoms with E-state index in [9.17, 15) is 9.46 Å². The Kier molecular flexibility index (Phi) is 6.20. The monoisotopic (exact) mass is 320 g/mol. The first kappa shape index (κ1) is 16.8. The van der Waals surface area contributed by atoms with Gasteiger partial charge in [-0.2, -0.15) is 0 Å². The summed E-state index contributed by atoms with van der Waals surface area (Å²) in [5.41, 5.74) is 2.16. The van der Waals surface area contributed by atoms with Gasteiger partial charge in [-0.3, -0.25) is 4.57 Å². The summed E-state index contributed by atoms with van der Waals surface area (Å²) in [5.74, 6) is 0.827. The third kappa shape index (κ3) is 4.99. The Morgan fingerprint density at radius 2 is 1.68 bits per heavy atom. The maximum atomic E-state index is 11.3. The Morgan fingerprint density at radius 3 is 2.41 bits per heavy atom. The molecule has 0 saturated carbocycles. The van der Waals surface area contributed by atoms with Crippen molar-refractivity contribution in [2.45, 2.75) is 12.8 Å². The molecule has 1 unspecified atom stereocenters. The molecule has 5 heteroatoms. The SMILES string of the molecule is COP(=O)(O)CCCCOc1ccccc1-c1ccccc1. The van der Waals surface area contributed by atoms with E-state index in [1.165, 1.54) is 7.11 Å². The van der Waals surface area contributed by atoms with Crippen LogP contribution in [0.3, 0.4) is 0 Å². The predicted octanol–water partition coefficient (Wildman–Crippen LogP) is 4.34. The molecule has 1 atom stereocenters. The number of hydrogen-bond donors (Lipinski definition) is 1. The fourth-order valence-electron chi connectivity index (χ4n) is 2.14. The Hall–Kier alpha value is -1.61. The smallest absolute Gasteiger partial charge is 0.327 e. The van der Waals surface area contributed by atoms with Gasteiger partial charge in [0.25, 0.3) is 0 Å². The molecule has 0 saturated heterocycles. The lowest BCUT2D eigenvalue weighted by Gasteiger charge is -2.12. The largest absolute Gasteiger partial charge is 0.493 e. The first-order valence-electron chi connectivity index (χ1n) is 7.27. The lowest BCUT2D eigenvalue weighted by atomic mass is 10.1. The van der Waals surface area contributed by atoms with Crippen LogP contribution < -0.4 is 4.74 Å². The summed E-state index contributed by atoms with van der Waals surface area (Å²) in [4.78, 5) is 9.32. The van der Waals surface area contributed by atoms with Crippen molar-refractivity contribution >= 4 is 7.60 Å². The summed E-state index contributed by atoms with van der Waals surface area (Å²) in [5, 5.41) is 0. The molecule has 0 aliphatic rings. The van der Waals surface area contributed by atoms with Crippen molar-refractivity contribution in [3.63, 3.8) is 0 Å². The molecular formula is C17H21O4P. The highest BCUT2D eigenvalue weighted by Crippen LogP contribution is 2.41. The van der Waals surface area contributed by atoms with Crippen molar-refractivity contribution in [2.24, 2.45) is 0 Å². The van der Waals surface area contributed by atoms with Gasteiger partial charge in [0.05, 0.1) is 12.8 Å². The van der Waals surface area contributed by atoms with E-state index in [2.05, 4.69) is 4.52 Å². The average Bonchev–Trinajstić information content (AvgIpc) is 2.56. The van der Waals surface area contributed by atoms with Crippen LogP contribution in [0, 0.1) is 0 Å². The minimum atomic E-state index is -3.40. The normalized spacial score (nSPS) is 13.5. The number of para-hydroxylation sites is 1. The van der Waals surface area contributed by atoms with Crippen molar-refractivity contribution in [1.29, 1.82) is 0 Å². The summed E-state index contributed by atoms with van der Waals surface area (Å²) in [6.45, 7) is 0.508. The van der Waals surface area contributed by atoms with Gasteiger partial charge in [0.15, 0.2) is 0 Å². The van der Waals surface area contributed by atoms with Crippen LogP contribution in [0.5, 0.6) is 5.75 Å². The average molecular weight is 320 g/mol. The highest BCUT2D eigenvalue weighted by Gasteiger charge is 2.15. The second-order valence-corrected chi connectivity index (χ2v) is 7.05. The van der Waals surface area contributed by atoms with Crippen molar-refractivity contribution in [3.05, 3.63) is 54.6 Å². The number of unbranched alkanes of at least 4 members (excludes halogenated alkanes) is 1. The summed E-state index contributed by atoms with van der Waals surface area (Å²) in [6, 6.07) is 17.9. The van der Waals surface area contributed by atoms with Gasteiger partial charge in [0.1, 0.15) is 5.75 Å². The summed E-state index contributed by atoms with van der Waals surface area (Å²) < 4.78 is 21.7. The fraction of sp³-hybridized carbons (Fsp3) is 0.294. The molecule has 2 rings (SSSR count). The first-order valence-corrected chi connectivity index (χ1v) is 9.03. The minimum absolute atomic E-state index is 0.160. The first-order chi connectivity index (χ1) is 10.6. The molecule has 0 heterocycles. The van der Waals surface area contributed by atoms with Crippen LogP contribution >= 0.6 is 7.60 Å². The van der Waals surface area contributed by atoms with Crippen LogP contribution in [0.4, 0.5) is 0 Å². The third-order valence-corrected chi connectivity index (χ3v) is 4.80. The summed E-state index contributed by atoms with van der Waals surface area (Å²) >= 11 is 0. The van der Waals surface area contributed by atoms with Crippen LogP contribution in [-0.2, 0) is 9.09 Å². The number of benzene rings is 2. The third-order valence-electron chi connectivity index (χ3n) is 3.35. The van der Waals surface area contributed by atoms with Gasteiger partial charge >= 0.3 is 7.60 Å². The second kappa shape index (κ2) is 8.14. The van der Waals surface area contributed by atoms with E-state index in [1.807, 2.05) is 54.6 Å². The Labute approximate surface area is 131 Å². The maximum absolute atomic E-state index is 11.3. The van der Waals surface area contributed by atoms with E-state index in [4.69, 9.17) is 4.74 Å². The maximum Gasteiger partial charge on any atom is 0.327 e. The molecule has 118 valence electrons. The molecule has 0 aliphatic carbocycles. The van der Waals surface area contributed by atoms with Gasteiger partial charge in [-0.25, -0.2) is 0 Å². The quantitative estimate of drug-likeness (QED) is 0.580. The molecule has 2 aromatic carbocycles. The molecule has 1 N–H and O–H groups in total. The Morgan fingerprint density at radius 1 is 1.00 bits per heavy atom. The van der Waals surface area contributed by atoms with Gasteiger partial charge in [0.2, 0.25) is 0 Å². The van der Waals surface area contributed by atoms with Crippen LogP contribution in [0.2, 0.25) is 0 Å². The molecule has 22 heavy (non-hydrogen) atoms. The fourth-order valence-corrected chi connectivity index (χ4v) is 2.94. The van der Waals surface area contributed by atoms with Crippen molar-refractivity contribution < 1.29 is 18.7 Å². The molecule has 0 fully saturated rings. The molecular weight excluding hydrogens is 299 g/mol. The van der Waals surface area contributed by atoms with Gasteiger partial charge in [0, 0.05) is 12.7 Å². The van der Waals surface area contributed by atoms with Crippen molar-refractivity contribution in [2.75, 3.05) is 19.9 Å². The van der Waals surface area contributed by atoms with Gasteiger partial charge in [-0.1, -0.05) is 48.5 Å². The molecule has 2 aromatic rings. The Bertz CT molecular complexity index is 628. The second-order valence-electron chi connectivity index (χ2n) is 4.96. The van der Waals surface area contributed by atoms with Crippen molar-refractivity contribution in [3.8, 4) is 16.9 Å². The molecule has 4 nitrogen and oxygen atoms in total. The topological polar surface area (TPSA) is 55.8 Å². The zero-order valence-corrected chi connectivity index (χ0v) is 13.5. The number of ether oxygens (including phenoxy) is 1. The van der Waals surface area contributed by atoms with Crippen LogP contribution in [0.1, 0.15) is 12.8 Å². The van der Waals surface area contributed by atoms with Crippen molar-refractivity contribution in [1.82, 2.24) is 0 Å². The van der Waals surface area contributed by atoms with E-state index in [0.29, 0.717) is 19.4 Å². The minimum Gasteiger partial charge on any atom is -0.493 e. The van der Waals surface area contributed by atoms with Crippen LogP contribution in [-0.4, -0.2) is 24.8 Å². The highest BCUT2D eigenvalue weighted by molar-refractivity contribution is 7.52. The Balaban J connectivity index is 1.90. The van der Waals surface area contributed by atoms with Crippen LogP contribution in [0.25, 0.3) is 11.1 Å². The molecule has 0 amide bonds. The molecule has 0 radical (unpaired) electrons. The number of hydrogen-bond acceptors (Lipinski definition) is 3. The lowest BCUT2D eigenvalue weighted by molar-refractivity contribution is 0.299. The van der Waals surface area contributed by atoms with Gasteiger partial charge in [-0.05, 0) is 24.5 Å². The van der Waals surface area contributed by atoms with E-state index in [-0.39, 0.29) is 6.16 Å². The van der Waals surface area contributed by atoms with Gasteiger partial charge < -0.3 is 14.2 Å². The summed E-state index contributed by atoms with van der Waals surface area (Å²) in [6.07, 6.45) is 1.46. The van der Waals surface area contributed by atoms with Crippen LogP contribution in [0.15, 0.2) is 54.6 Å². The molecule has 0 spiro atoms. The zero-order chi connectivity index (χ0) is 15.8. The predicted molar refractivity (Wildman–Crippen MR) is 88.3 cm³/mol. The van der Waals surface area contributed by atoms with E-state index >= 15 is 0 Å². The standard InChI is InChI=1S/C17H21O4P/c1-20-22(18,19)14-8-7-13-21-17-12-6-5-11-16(17)15-9-3-2-4-10-15/h2-6,9-12H,7-8,13-14H2,1H3,(H,18,19). The number of rotatable bonds is 8. The van der Waals surface area contributed by atoms with E-state index < -0.39 is 7.60 Å². The molecule has 0 aliphatic heterocycles. The lowest BCUT2D eigenvalue weighted by Crippen LogP contribution is -2.01. The van der Waals surface area contributed by atoms with E-state index in [1.54, 1.807) is 0 Å². The van der Waals surface area contributed by atoms with E-state index in [0.717, 1.165) is 16.9 Å². The molecule has 0 bridgehead atoms.